The minimum absolute atomic E-state index is 0.00727. The lowest BCUT2D eigenvalue weighted by Crippen LogP contribution is -2.37. The van der Waals surface area contributed by atoms with Gasteiger partial charge in [-0.3, -0.25) is 9.69 Å². The predicted octanol–water partition coefficient (Wildman–Crippen LogP) is 5.55. The third-order valence-electron chi connectivity index (χ3n) is 7.21. The average Bonchev–Trinajstić information content (AvgIpc) is 3.37. The normalized spacial score (nSPS) is 12.9. The van der Waals surface area contributed by atoms with Crippen LogP contribution in [0.25, 0.3) is 10.9 Å². The highest BCUT2D eigenvalue weighted by Crippen LogP contribution is 2.30. The molecule has 2 aromatic heterocycles. The largest absolute Gasteiger partial charge is 0.322 e. The number of hydrogen-bond acceptors (Lipinski definition) is 5. The van der Waals surface area contributed by atoms with Gasteiger partial charge in [-0.25, -0.2) is 4.68 Å². The fourth-order valence-corrected chi connectivity index (χ4v) is 4.70. The second-order valence-electron chi connectivity index (χ2n) is 10.3. The van der Waals surface area contributed by atoms with Crippen molar-refractivity contribution in [3.63, 3.8) is 0 Å². The van der Waals surface area contributed by atoms with Crippen molar-refractivity contribution in [2.45, 2.75) is 78.4 Å². The molecule has 2 aromatic carbocycles. The van der Waals surface area contributed by atoms with Crippen LogP contribution in [0.3, 0.4) is 0 Å². The summed E-state index contributed by atoms with van der Waals surface area (Å²) in [4.78, 5) is 18.6. The van der Waals surface area contributed by atoms with E-state index in [0.717, 1.165) is 54.5 Å². The Hall–Kier alpha value is -3.32. The number of aryl methyl sites for hydroxylation is 1. The fraction of sp³-hybridized carbons (Fsp3) is 0.448. The summed E-state index contributed by atoms with van der Waals surface area (Å²) in [6.45, 7) is 12.1. The van der Waals surface area contributed by atoms with E-state index in [0.29, 0.717) is 6.54 Å². The van der Waals surface area contributed by atoms with Crippen LogP contribution in [0.4, 0.5) is 0 Å². The van der Waals surface area contributed by atoms with Crippen LogP contribution < -0.4 is 5.56 Å². The van der Waals surface area contributed by atoms with E-state index in [-0.39, 0.29) is 17.1 Å². The summed E-state index contributed by atoms with van der Waals surface area (Å²) in [6, 6.07) is 18.7. The van der Waals surface area contributed by atoms with Gasteiger partial charge < -0.3 is 4.98 Å². The Morgan fingerprint density at radius 3 is 2.58 bits per heavy atom. The molecule has 1 atom stereocenters. The van der Waals surface area contributed by atoms with E-state index in [1.165, 1.54) is 11.1 Å². The first-order valence-electron chi connectivity index (χ1n) is 13.0. The van der Waals surface area contributed by atoms with Crippen LogP contribution in [0.15, 0.2) is 59.4 Å². The Kier molecular flexibility index (Phi) is 7.99. The zero-order chi connectivity index (χ0) is 25.7. The molecule has 0 fully saturated rings. The molecular weight excluding hydrogens is 448 g/mol. The number of nitrogens with zero attached hydrogens (tertiary/aromatic N) is 5. The molecule has 0 aliphatic heterocycles. The van der Waals surface area contributed by atoms with E-state index < -0.39 is 0 Å². The van der Waals surface area contributed by atoms with Crippen molar-refractivity contribution >= 4 is 10.9 Å². The molecule has 2 heterocycles. The minimum Gasteiger partial charge on any atom is -0.322 e. The number of aromatic amines is 1. The smallest absolute Gasteiger partial charge is 0.252 e. The van der Waals surface area contributed by atoms with Gasteiger partial charge in [0.2, 0.25) is 0 Å². The first-order valence-corrected chi connectivity index (χ1v) is 13.0. The van der Waals surface area contributed by atoms with Crippen LogP contribution >= 0.6 is 0 Å². The zero-order valence-corrected chi connectivity index (χ0v) is 22.2. The Morgan fingerprint density at radius 1 is 1.08 bits per heavy atom. The van der Waals surface area contributed by atoms with Gasteiger partial charge in [0.25, 0.3) is 5.56 Å². The van der Waals surface area contributed by atoms with Gasteiger partial charge in [-0.1, -0.05) is 62.2 Å². The number of hydrogen-bond donors (Lipinski definition) is 1. The maximum absolute atomic E-state index is 13.1. The lowest BCUT2D eigenvalue weighted by Gasteiger charge is -2.33. The van der Waals surface area contributed by atoms with Crippen molar-refractivity contribution in [1.29, 1.82) is 0 Å². The molecule has 7 nitrogen and oxygen atoms in total. The Bertz CT molecular complexity index is 1340. The number of H-pyrrole nitrogens is 1. The van der Waals surface area contributed by atoms with Crippen LogP contribution in [0.5, 0.6) is 0 Å². The summed E-state index contributed by atoms with van der Waals surface area (Å²) in [5.41, 5.74) is 3.83. The van der Waals surface area contributed by atoms with E-state index in [2.05, 4.69) is 90.4 Å². The monoisotopic (exact) mass is 486 g/mol. The molecule has 0 spiro atoms. The number of tetrazole rings is 1. The van der Waals surface area contributed by atoms with E-state index in [1.54, 1.807) is 0 Å². The SMILES string of the molecule is CCCC(c1nnnn1C(C)(C)CC)N(CCc1ccccc1)Cc1cc2cc(C)ccc2[nH]c1=O. The fourth-order valence-electron chi connectivity index (χ4n) is 4.70. The van der Waals surface area contributed by atoms with Crippen LogP contribution in [-0.4, -0.2) is 36.6 Å². The van der Waals surface area contributed by atoms with Crippen LogP contribution in [-0.2, 0) is 18.5 Å². The molecule has 0 aliphatic carbocycles. The number of rotatable bonds is 11. The quantitative estimate of drug-likeness (QED) is 0.300. The molecule has 0 saturated carbocycles. The molecule has 4 aromatic rings. The molecule has 36 heavy (non-hydrogen) atoms. The molecule has 0 saturated heterocycles. The lowest BCUT2D eigenvalue weighted by atomic mass is 10.00. The van der Waals surface area contributed by atoms with Crippen molar-refractivity contribution in [2.75, 3.05) is 6.54 Å². The van der Waals surface area contributed by atoms with Crippen LogP contribution in [0.1, 0.15) is 75.5 Å². The third kappa shape index (κ3) is 5.73. The van der Waals surface area contributed by atoms with E-state index in [9.17, 15) is 4.79 Å². The topological polar surface area (TPSA) is 79.7 Å². The summed E-state index contributed by atoms with van der Waals surface area (Å²) in [5.74, 6) is 0.866. The Morgan fingerprint density at radius 2 is 1.86 bits per heavy atom. The van der Waals surface area contributed by atoms with Gasteiger partial charge in [0.15, 0.2) is 5.82 Å². The van der Waals surface area contributed by atoms with Gasteiger partial charge in [0.1, 0.15) is 0 Å². The van der Waals surface area contributed by atoms with Crippen molar-refractivity contribution in [3.8, 4) is 0 Å². The molecule has 190 valence electrons. The van der Waals surface area contributed by atoms with Gasteiger partial charge in [-0.15, -0.1) is 5.10 Å². The van der Waals surface area contributed by atoms with Crippen molar-refractivity contribution in [2.24, 2.45) is 0 Å². The standard InChI is InChI=1S/C29H38N6O/c1-6-11-26(27-31-32-33-35(27)29(4,5)7-2)34(17-16-22-12-9-8-10-13-22)20-24-19-23-18-21(3)14-15-25(23)30-28(24)36/h8-10,12-15,18-19,26H,6-7,11,16-17,20H2,1-5H3,(H,30,36). The molecule has 0 aliphatic rings. The summed E-state index contributed by atoms with van der Waals surface area (Å²) in [6.07, 6.45) is 3.68. The van der Waals surface area contributed by atoms with Gasteiger partial charge in [0, 0.05) is 24.2 Å². The number of benzene rings is 2. The zero-order valence-electron chi connectivity index (χ0n) is 22.2. The lowest BCUT2D eigenvalue weighted by molar-refractivity contribution is 0.155. The van der Waals surface area contributed by atoms with Crippen molar-refractivity contribution in [1.82, 2.24) is 30.1 Å². The highest BCUT2D eigenvalue weighted by molar-refractivity contribution is 5.79. The maximum Gasteiger partial charge on any atom is 0.252 e. The molecule has 4 rings (SSSR count). The van der Waals surface area contributed by atoms with E-state index >= 15 is 0 Å². The maximum atomic E-state index is 13.1. The molecule has 1 unspecified atom stereocenters. The predicted molar refractivity (Wildman–Crippen MR) is 145 cm³/mol. The average molecular weight is 487 g/mol. The summed E-state index contributed by atoms with van der Waals surface area (Å²) in [5, 5.41) is 14.1. The minimum atomic E-state index is -0.201. The van der Waals surface area contributed by atoms with Gasteiger partial charge in [0.05, 0.1) is 11.6 Å². The second kappa shape index (κ2) is 11.2. The van der Waals surface area contributed by atoms with Crippen molar-refractivity contribution < 1.29 is 0 Å². The second-order valence-corrected chi connectivity index (χ2v) is 10.3. The summed E-state index contributed by atoms with van der Waals surface area (Å²) >= 11 is 0. The molecular formula is C29H38N6O. The molecule has 7 heteroatoms. The molecule has 0 bridgehead atoms. The molecule has 1 N–H and O–H groups in total. The Balaban J connectivity index is 1.74. The van der Waals surface area contributed by atoms with Crippen LogP contribution in [0, 0.1) is 6.92 Å². The van der Waals surface area contributed by atoms with Gasteiger partial charge in [-0.05, 0) is 79.6 Å². The molecule has 0 radical (unpaired) electrons. The van der Waals surface area contributed by atoms with Crippen molar-refractivity contribution in [3.05, 3.63) is 87.5 Å². The number of pyridine rings is 1. The van der Waals surface area contributed by atoms with Gasteiger partial charge >= 0.3 is 0 Å². The van der Waals surface area contributed by atoms with E-state index in [1.807, 2.05) is 28.9 Å². The third-order valence-corrected chi connectivity index (χ3v) is 7.21. The Labute approximate surface area is 213 Å². The highest BCUT2D eigenvalue weighted by atomic mass is 16.1. The van der Waals surface area contributed by atoms with Gasteiger partial charge in [-0.2, -0.15) is 0 Å². The van der Waals surface area contributed by atoms with E-state index in [4.69, 9.17) is 0 Å². The molecule has 0 amide bonds. The summed E-state index contributed by atoms with van der Waals surface area (Å²) < 4.78 is 1.98. The number of nitrogens with one attached hydrogen (secondary N) is 1. The first kappa shape index (κ1) is 25.8. The number of fused-ring (bicyclic) bond motifs is 1. The summed E-state index contributed by atoms with van der Waals surface area (Å²) in [7, 11) is 0. The highest BCUT2D eigenvalue weighted by Gasteiger charge is 2.31. The van der Waals surface area contributed by atoms with Crippen LogP contribution in [0.2, 0.25) is 0 Å². The number of aromatic nitrogens is 5. The first-order chi connectivity index (χ1) is 17.3.